The van der Waals surface area contributed by atoms with Gasteiger partial charge in [0.15, 0.2) is 0 Å². The highest BCUT2D eigenvalue weighted by Crippen LogP contribution is 2.43. The lowest BCUT2D eigenvalue weighted by molar-refractivity contribution is -0.135. The van der Waals surface area contributed by atoms with Crippen molar-refractivity contribution in [3.8, 4) is 5.75 Å². The molecule has 156 valence electrons. The summed E-state index contributed by atoms with van der Waals surface area (Å²) in [6, 6.07) is 19.0. The smallest absolute Gasteiger partial charge is 0.277 e. The van der Waals surface area contributed by atoms with E-state index in [2.05, 4.69) is 38.1 Å². The number of anilines is 2. The van der Waals surface area contributed by atoms with Crippen molar-refractivity contribution in [3.05, 3.63) is 88.5 Å². The number of hydrogen-bond acceptors (Lipinski definition) is 6. The minimum atomic E-state index is -0.248. The SMILES string of the molecule is COc1cccc(C(=O)N2c3ccccc3N3C(c4c(C)cc(C)cc4C)=NON23)c1. The number of benzene rings is 3. The minimum absolute atomic E-state index is 0.248. The van der Waals surface area contributed by atoms with Crippen LogP contribution in [-0.4, -0.2) is 24.1 Å². The molecular formula is C24H22N4O3. The molecule has 3 aromatic carbocycles. The summed E-state index contributed by atoms with van der Waals surface area (Å²) in [6.45, 7) is 6.19. The molecule has 0 N–H and O–H groups in total. The van der Waals surface area contributed by atoms with Gasteiger partial charge in [0.2, 0.25) is 5.84 Å². The van der Waals surface area contributed by atoms with E-state index in [0.717, 1.165) is 22.4 Å². The fourth-order valence-corrected chi connectivity index (χ4v) is 4.23. The van der Waals surface area contributed by atoms with E-state index in [1.165, 1.54) is 15.9 Å². The number of hydrazine groups is 2. The summed E-state index contributed by atoms with van der Waals surface area (Å²) in [5.41, 5.74) is 6.37. The van der Waals surface area contributed by atoms with E-state index < -0.39 is 0 Å². The van der Waals surface area contributed by atoms with Gasteiger partial charge in [0, 0.05) is 11.1 Å². The summed E-state index contributed by atoms with van der Waals surface area (Å²) in [6.07, 6.45) is 0. The van der Waals surface area contributed by atoms with Gasteiger partial charge in [-0.15, -0.1) is 0 Å². The summed E-state index contributed by atoms with van der Waals surface area (Å²) in [5.74, 6) is 1.01. The van der Waals surface area contributed by atoms with Crippen molar-refractivity contribution >= 4 is 23.1 Å². The lowest BCUT2D eigenvalue weighted by Crippen LogP contribution is -2.49. The average molecular weight is 414 g/mol. The Morgan fingerprint density at radius 3 is 2.35 bits per heavy atom. The second-order valence-corrected chi connectivity index (χ2v) is 7.67. The number of oxime groups is 1. The first-order chi connectivity index (χ1) is 15.0. The number of rotatable bonds is 3. The third-order valence-corrected chi connectivity index (χ3v) is 5.49. The number of ether oxygens (including phenoxy) is 1. The molecule has 31 heavy (non-hydrogen) atoms. The number of aryl methyl sites for hydroxylation is 3. The first-order valence-corrected chi connectivity index (χ1v) is 10.0. The third kappa shape index (κ3) is 2.93. The fraction of sp³-hybridized carbons (Fsp3) is 0.167. The predicted molar refractivity (Wildman–Crippen MR) is 119 cm³/mol. The minimum Gasteiger partial charge on any atom is -0.497 e. The molecule has 2 heterocycles. The number of nitrogens with zero attached hydrogens (tertiary/aromatic N) is 4. The number of fused-ring (bicyclic) bond motifs is 3. The molecule has 0 fully saturated rings. The van der Waals surface area contributed by atoms with Crippen LogP contribution in [0.2, 0.25) is 0 Å². The number of methoxy groups -OCH3 is 1. The van der Waals surface area contributed by atoms with Crippen LogP contribution in [0.25, 0.3) is 0 Å². The van der Waals surface area contributed by atoms with E-state index in [0.29, 0.717) is 22.8 Å². The van der Waals surface area contributed by atoms with E-state index in [1.54, 1.807) is 31.4 Å². The van der Waals surface area contributed by atoms with Gasteiger partial charge in [-0.1, -0.05) is 35.9 Å². The van der Waals surface area contributed by atoms with E-state index in [1.807, 2.05) is 29.3 Å². The number of carbonyl (C=O) groups is 1. The van der Waals surface area contributed by atoms with Gasteiger partial charge in [-0.2, -0.15) is 10.0 Å². The van der Waals surface area contributed by atoms with Crippen molar-refractivity contribution in [3.63, 3.8) is 0 Å². The topological polar surface area (TPSA) is 57.6 Å². The summed E-state index contributed by atoms with van der Waals surface area (Å²) in [7, 11) is 1.58. The van der Waals surface area contributed by atoms with Gasteiger partial charge in [0.1, 0.15) is 5.75 Å². The van der Waals surface area contributed by atoms with Gasteiger partial charge in [0.05, 0.1) is 23.8 Å². The van der Waals surface area contributed by atoms with Crippen LogP contribution >= 0.6 is 0 Å². The molecule has 2 aliphatic rings. The van der Waals surface area contributed by atoms with Crippen LogP contribution in [-0.2, 0) is 4.94 Å². The van der Waals surface area contributed by atoms with Crippen molar-refractivity contribution < 1.29 is 14.5 Å². The zero-order valence-electron chi connectivity index (χ0n) is 17.8. The Morgan fingerprint density at radius 1 is 0.935 bits per heavy atom. The van der Waals surface area contributed by atoms with Crippen molar-refractivity contribution in [1.29, 1.82) is 0 Å². The quantitative estimate of drug-likeness (QED) is 0.630. The van der Waals surface area contributed by atoms with Gasteiger partial charge in [-0.3, -0.25) is 9.73 Å². The monoisotopic (exact) mass is 414 g/mol. The molecule has 1 amide bonds. The first-order valence-electron chi connectivity index (χ1n) is 10.0. The van der Waals surface area contributed by atoms with Crippen LogP contribution in [0.15, 0.2) is 65.8 Å². The number of amides is 1. The van der Waals surface area contributed by atoms with Crippen molar-refractivity contribution in [2.24, 2.45) is 5.16 Å². The highest BCUT2D eigenvalue weighted by Gasteiger charge is 2.47. The average Bonchev–Trinajstić information content (AvgIpc) is 3.31. The maximum Gasteiger partial charge on any atom is 0.277 e. The summed E-state index contributed by atoms with van der Waals surface area (Å²) in [5, 5.41) is 9.07. The Morgan fingerprint density at radius 2 is 1.65 bits per heavy atom. The number of hydrogen-bond donors (Lipinski definition) is 0. The number of para-hydroxylation sites is 2. The van der Waals surface area contributed by atoms with E-state index >= 15 is 0 Å². The Bertz CT molecular complexity index is 1210. The van der Waals surface area contributed by atoms with Crippen LogP contribution < -0.4 is 14.8 Å². The zero-order valence-corrected chi connectivity index (χ0v) is 17.8. The predicted octanol–water partition coefficient (Wildman–Crippen LogP) is 4.53. The molecule has 0 aromatic heterocycles. The molecule has 0 saturated heterocycles. The number of carbonyl (C=O) groups excluding carboxylic acids is 1. The molecule has 3 aromatic rings. The van der Waals surface area contributed by atoms with E-state index in [9.17, 15) is 4.79 Å². The third-order valence-electron chi connectivity index (χ3n) is 5.49. The Kier molecular flexibility index (Phi) is 4.41. The molecule has 0 spiro atoms. The van der Waals surface area contributed by atoms with Gasteiger partial charge in [-0.05, 0) is 67.4 Å². The van der Waals surface area contributed by atoms with E-state index in [4.69, 9.17) is 9.68 Å². The molecule has 0 atom stereocenters. The van der Waals surface area contributed by atoms with Crippen molar-refractivity contribution in [1.82, 2.24) is 5.28 Å². The van der Waals surface area contributed by atoms with Gasteiger partial charge in [0.25, 0.3) is 5.91 Å². The zero-order chi connectivity index (χ0) is 21.7. The number of amidine groups is 1. The maximum absolute atomic E-state index is 13.5. The van der Waals surface area contributed by atoms with E-state index in [-0.39, 0.29) is 5.91 Å². The fourth-order valence-electron chi connectivity index (χ4n) is 4.23. The van der Waals surface area contributed by atoms with Crippen LogP contribution in [0.4, 0.5) is 11.4 Å². The van der Waals surface area contributed by atoms with Crippen LogP contribution in [0.3, 0.4) is 0 Å². The lowest BCUT2D eigenvalue weighted by Gasteiger charge is -2.25. The Balaban J connectivity index is 1.60. The lowest BCUT2D eigenvalue weighted by atomic mass is 9.98. The highest BCUT2D eigenvalue weighted by atomic mass is 16.9. The first kappa shape index (κ1) is 19.1. The summed E-state index contributed by atoms with van der Waals surface area (Å²) in [4.78, 5) is 19.2. The molecular weight excluding hydrogens is 392 g/mol. The molecule has 0 saturated carbocycles. The van der Waals surface area contributed by atoms with Gasteiger partial charge >= 0.3 is 0 Å². The Hall–Kier alpha value is -3.84. The molecule has 0 radical (unpaired) electrons. The second-order valence-electron chi connectivity index (χ2n) is 7.67. The Labute approximate surface area is 180 Å². The molecule has 0 unspecified atom stereocenters. The molecule has 2 aliphatic heterocycles. The van der Waals surface area contributed by atoms with Crippen molar-refractivity contribution in [2.45, 2.75) is 20.8 Å². The molecule has 7 heteroatoms. The van der Waals surface area contributed by atoms with Gasteiger partial charge in [-0.25, -0.2) is 0 Å². The standard InChI is InChI=1S/C24H22N4O3/c1-15-12-16(2)22(17(3)13-15)23-25-31-28-26(23)20-10-5-6-11-21(20)27(28)24(29)18-8-7-9-19(14-18)30-4/h5-14H,1-4H3. The highest BCUT2D eigenvalue weighted by molar-refractivity contribution is 6.17. The normalized spacial score (nSPS) is 14.8. The summed E-state index contributed by atoms with van der Waals surface area (Å²) >= 11 is 0. The molecule has 0 aliphatic carbocycles. The summed E-state index contributed by atoms with van der Waals surface area (Å²) < 4.78 is 5.29. The van der Waals surface area contributed by atoms with Crippen LogP contribution in [0.5, 0.6) is 5.75 Å². The second kappa shape index (κ2) is 7.14. The van der Waals surface area contributed by atoms with Gasteiger partial charge < -0.3 is 4.74 Å². The molecule has 5 rings (SSSR count). The maximum atomic E-state index is 13.5. The van der Waals surface area contributed by atoms with Crippen molar-refractivity contribution in [2.75, 3.05) is 17.1 Å². The van der Waals surface area contributed by atoms with Crippen LogP contribution in [0, 0.1) is 20.8 Å². The molecule has 0 bridgehead atoms. The largest absolute Gasteiger partial charge is 0.497 e. The van der Waals surface area contributed by atoms with Crippen LogP contribution in [0.1, 0.15) is 32.6 Å². The molecule has 7 nitrogen and oxygen atoms in total.